The topological polar surface area (TPSA) is 63.4 Å². The van der Waals surface area contributed by atoms with Crippen molar-refractivity contribution in [3.8, 4) is 0 Å². The summed E-state index contributed by atoms with van der Waals surface area (Å²) in [7, 11) is 3.37. The summed E-state index contributed by atoms with van der Waals surface area (Å²) < 4.78 is 0. The molecule has 0 aliphatic rings. The summed E-state index contributed by atoms with van der Waals surface area (Å²) in [5.74, 6) is -0.263. The lowest BCUT2D eigenvalue weighted by molar-refractivity contribution is 0.0831. The molecular formula is C17H20N2O2S. The SMILES string of the molecule is Cc1ccc(C(=O)c2c(N)sc(C(=O)N(C)C)c2C)cc1C. The van der Waals surface area contributed by atoms with Crippen LogP contribution in [0.5, 0.6) is 0 Å². The summed E-state index contributed by atoms with van der Waals surface area (Å²) in [6.45, 7) is 5.75. The molecule has 2 N–H and O–H groups in total. The zero-order chi connectivity index (χ0) is 16.6. The van der Waals surface area contributed by atoms with E-state index in [0.717, 1.165) is 11.1 Å². The van der Waals surface area contributed by atoms with Crippen molar-refractivity contribution in [2.24, 2.45) is 0 Å². The summed E-state index contributed by atoms with van der Waals surface area (Å²) >= 11 is 1.17. The van der Waals surface area contributed by atoms with Gasteiger partial charge in [-0.15, -0.1) is 11.3 Å². The maximum Gasteiger partial charge on any atom is 0.263 e. The number of thiophene rings is 1. The number of ketones is 1. The van der Waals surface area contributed by atoms with Crippen LogP contribution in [-0.4, -0.2) is 30.7 Å². The van der Waals surface area contributed by atoms with Crippen molar-refractivity contribution in [3.63, 3.8) is 0 Å². The molecule has 2 rings (SSSR count). The van der Waals surface area contributed by atoms with E-state index in [4.69, 9.17) is 5.73 Å². The highest BCUT2D eigenvalue weighted by Gasteiger charge is 2.24. The summed E-state index contributed by atoms with van der Waals surface area (Å²) in [5, 5.41) is 0.394. The van der Waals surface area contributed by atoms with E-state index in [-0.39, 0.29) is 11.7 Å². The van der Waals surface area contributed by atoms with E-state index < -0.39 is 0 Å². The van der Waals surface area contributed by atoms with Crippen molar-refractivity contribution < 1.29 is 9.59 Å². The lowest BCUT2D eigenvalue weighted by Gasteiger charge is -2.09. The highest BCUT2D eigenvalue weighted by molar-refractivity contribution is 7.18. The number of carbonyl (C=O) groups is 2. The molecule has 0 spiro atoms. The van der Waals surface area contributed by atoms with Crippen LogP contribution in [0.1, 0.15) is 42.3 Å². The average Bonchev–Trinajstić information content (AvgIpc) is 2.75. The third kappa shape index (κ3) is 2.76. The number of nitrogens with two attached hydrogens (primary N) is 1. The maximum atomic E-state index is 12.8. The van der Waals surface area contributed by atoms with Gasteiger partial charge in [0.25, 0.3) is 5.91 Å². The van der Waals surface area contributed by atoms with Crippen LogP contribution in [0.15, 0.2) is 18.2 Å². The minimum absolute atomic E-state index is 0.131. The summed E-state index contributed by atoms with van der Waals surface area (Å²) in [6.07, 6.45) is 0. The van der Waals surface area contributed by atoms with Crippen LogP contribution in [0.2, 0.25) is 0 Å². The Balaban J connectivity index is 2.50. The first kappa shape index (κ1) is 16.2. The molecule has 0 saturated carbocycles. The first-order valence-electron chi connectivity index (χ1n) is 6.96. The van der Waals surface area contributed by atoms with Gasteiger partial charge in [-0.25, -0.2) is 0 Å². The predicted octanol–water partition coefficient (Wildman–Crippen LogP) is 3.19. The third-order valence-electron chi connectivity index (χ3n) is 3.77. The molecule has 0 aliphatic heterocycles. The van der Waals surface area contributed by atoms with Crippen LogP contribution in [-0.2, 0) is 0 Å². The molecule has 0 radical (unpaired) electrons. The quantitative estimate of drug-likeness (QED) is 0.885. The molecule has 2 aromatic rings. The van der Waals surface area contributed by atoms with E-state index in [9.17, 15) is 9.59 Å². The Hall–Kier alpha value is -2.14. The molecule has 4 nitrogen and oxygen atoms in total. The third-order valence-corrected chi connectivity index (χ3v) is 4.88. The maximum absolute atomic E-state index is 12.8. The molecule has 22 heavy (non-hydrogen) atoms. The number of hydrogen-bond donors (Lipinski definition) is 1. The van der Waals surface area contributed by atoms with Crippen LogP contribution in [0.3, 0.4) is 0 Å². The number of anilines is 1. The Morgan fingerprint density at radius 3 is 2.27 bits per heavy atom. The monoisotopic (exact) mass is 316 g/mol. The number of carbonyl (C=O) groups excluding carboxylic acids is 2. The van der Waals surface area contributed by atoms with Gasteiger partial charge in [-0.2, -0.15) is 0 Å². The molecule has 1 amide bonds. The molecule has 5 heteroatoms. The highest BCUT2D eigenvalue weighted by atomic mass is 32.1. The lowest BCUT2D eigenvalue weighted by Crippen LogP contribution is -2.21. The van der Waals surface area contributed by atoms with Gasteiger partial charge in [-0.1, -0.05) is 12.1 Å². The van der Waals surface area contributed by atoms with Gasteiger partial charge >= 0.3 is 0 Å². The van der Waals surface area contributed by atoms with Gasteiger partial charge in [-0.3, -0.25) is 9.59 Å². The van der Waals surface area contributed by atoms with E-state index in [0.29, 0.717) is 26.6 Å². The molecule has 116 valence electrons. The van der Waals surface area contributed by atoms with E-state index in [2.05, 4.69) is 0 Å². The Morgan fingerprint density at radius 1 is 1.09 bits per heavy atom. The van der Waals surface area contributed by atoms with Crippen molar-refractivity contribution in [3.05, 3.63) is 50.9 Å². The van der Waals surface area contributed by atoms with Gasteiger partial charge in [0.15, 0.2) is 5.78 Å². The first-order valence-corrected chi connectivity index (χ1v) is 7.78. The number of nitrogen functional groups attached to an aromatic ring is 1. The molecule has 1 aromatic heterocycles. The van der Waals surface area contributed by atoms with Crippen molar-refractivity contribution in [2.75, 3.05) is 19.8 Å². The Morgan fingerprint density at radius 2 is 1.73 bits per heavy atom. The van der Waals surface area contributed by atoms with Crippen molar-refractivity contribution in [1.82, 2.24) is 4.90 Å². The minimum atomic E-state index is -0.132. The largest absolute Gasteiger partial charge is 0.390 e. The fourth-order valence-electron chi connectivity index (χ4n) is 2.25. The van der Waals surface area contributed by atoms with Gasteiger partial charge in [0, 0.05) is 19.7 Å². The van der Waals surface area contributed by atoms with Crippen LogP contribution >= 0.6 is 11.3 Å². The Kier molecular flexibility index (Phi) is 4.37. The average molecular weight is 316 g/mol. The molecule has 0 atom stereocenters. The lowest BCUT2D eigenvalue weighted by atomic mass is 9.97. The van der Waals surface area contributed by atoms with Crippen molar-refractivity contribution >= 4 is 28.0 Å². The van der Waals surface area contributed by atoms with Crippen LogP contribution in [0.25, 0.3) is 0 Å². The second-order valence-electron chi connectivity index (χ2n) is 5.62. The molecular weight excluding hydrogens is 296 g/mol. The van der Waals surface area contributed by atoms with Gasteiger partial charge in [0.1, 0.15) is 0 Å². The fraction of sp³-hybridized carbons (Fsp3) is 0.294. The van der Waals surface area contributed by atoms with Crippen molar-refractivity contribution in [2.45, 2.75) is 20.8 Å². The van der Waals surface area contributed by atoms with E-state index in [1.807, 2.05) is 26.0 Å². The highest BCUT2D eigenvalue weighted by Crippen LogP contribution is 2.33. The Bertz CT molecular complexity index is 760. The molecule has 1 aromatic carbocycles. The summed E-state index contributed by atoms with van der Waals surface area (Å²) in [4.78, 5) is 26.9. The fourth-order valence-corrected chi connectivity index (χ4v) is 3.35. The van der Waals surface area contributed by atoms with E-state index in [1.54, 1.807) is 27.1 Å². The van der Waals surface area contributed by atoms with Gasteiger partial charge in [0.2, 0.25) is 0 Å². The number of benzene rings is 1. The van der Waals surface area contributed by atoms with Crippen LogP contribution in [0.4, 0.5) is 5.00 Å². The number of aryl methyl sites for hydroxylation is 2. The summed E-state index contributed by atoms with van der Waals surface area (Å²) in [6, 6.07) is 5.59. The second-order valence-corrected chi connectivity index (χ2v) is 6.68. The van der Waals surface area contributed by atoms with Crippen LogP contribution in [0, 0.1) is 20.8 Å². The standard InChI is InChI=1S/C17H20N2O2S/c1-9-6-7-12(8-10(9)2)14(20)13-11(3)15(22-16(13)18)17(21)19(4)5/h6-8H,18H2,1-5H3. The normalized spacial score (nSPS) is 10.6. The van der Waals surface area contributed by atoms with Crippen LogP contribution < -0.4 is 5.73 Å². The first-order chi connectivity index (χ1) is 10.2. The molecule has 0 unspecified atom stereocenters. The number of hydrogen-bond acceptors (Lipinski definition) is 4. The zero-order valence-corrected chi connectivity index (χ0v) is 14.3. The molecule has 0 saturated heterocycles. The zero-order valence-electron chi connectivity index (χ0n) is 13.5. The second kappa shape index (κ2) is 5.93. The number of rotatable bonds is 3. The minimum Gasteiger partial charge on any atom is -0.390 e. The smallest absolute Gasteiger partial charge is 0.263 e. The molecule has 0 fully saturated rings. The van der Waals surface area contributed by atoms with E-state index >= 15 is 0 Å². The summed E-state index contributed by atoms with van der Waals surface area (Å²) in [5.41, 5.74) is 9.90. The van der Waals surface area contributed by atoms with Gasteiger partial charge in [-0.05, 0) is 43.5 Å². The Labute approximate surface area is 134 Å². The molecule has 1 heterocycles. The number of nitrogens with zero attached hydrogens (tertiary/aromatic N) is 1. The molecule has 0 aliphatic carbocycles. The molecule has 0 bridgehead atoms. The van der Waals surface area contributed by atoms with Crippen molar-refractivity contribution in [1.29, 1.82) is 0 Å². The van der Waals surface area contributed by atoms with Gasteiger partial charge < -0.3 is 10.6 Å². The number of amides is 1. The van der Waals surface area contributed by atoms with Gasteiger partial charge in [0.05, 0.1) is 15.4 Å². The van der Waals surface area contributed by atoms with E-state index in [1.165, 1.54) is 16.2 Å². The predicted molar refractivity (Wildman–Crippen MR) is 90.8 cm³/mol.